The summed E-state index contributed by atoms with van der Waals surface area (Å²) in [7, 11) is 0. The number of hydrogen-bond acceptors (Lipinski definition) is 3. The van der Waals surface area contributed by atoms with Crippen LogP contribution in [0.4, 0.5) is 10.5 Å². The fourth-order valence-electron chi connectivity index (χ4n) is 1.32. The van der Waals surface area contributed by atoms with Crippen molar-refractivity contribution >= 4 is 29.2 Å². The van der Waals surface area contributed by atoms with Crippen LogP contribution in [0, 0.1) is 6.92 Å². The molecule has 0 aromatic heterocycles. The summed E-state index contributed by atoms with van der Waals surface area (Å²) in [5, 5.41) is 5.60. The van der Waals surface area contributed by atoms with Crippen molar-refractivity contribution in [3.8, 4) is 0 Å². The highest BCUT2D eigenvalue weighted by Crippen LogP contribution is 2.20. The van der Waals surface area contributed by atoms with E-state index >= 15 is 0 Å². The first-order valence-electron chi connectivity index (χ1n) is 5.03. The van der Waals surface area contributed by atoms with E-state index in [0.29, 0.717) is 5.02 Å². The number of rotatable bonds is 3. The van der Waals surface area contributed by atoms with Crippen molar-refractivity contribution in [1.82, 2.24) is 5.32 Å². The largest absolute Gasteiger partial charge is 0.374 e. The Kier molecular flexibility index (Phi) is 4.34. The number of benzene rings is 1. The standard InChI is InChI=1S/C11H14ClN3O2/c1-6-5-8(12)3-4-9(6)14-7(2)10(16)15-11(13)17/h3-5,7,14H,1-2H3,(H3,13,15,16,17). The molecule has 0 aliphatic carbocycles. The Bertz CT molecular complexity index is 448. The van der Waals surface area contributed by atoms with Crippen molar-refractivity contribution in [2.45, 2.75) is 19.9 Å². The Morgan fingerprint density at radius 1 is 1.41 bits per heavy atom. The molecule has 17 heavy (non-hydrogen) atoms. The molecule has 1 rings (SSSR count). The second-order valence-corrected chi connectivity index (χ2v) is 4.12. The number of halogens is 1. The zero-order chi connectivity index (χ0) is 13.0. The molecule has 4 N–H and O–H groups in total. The van der Waals surface area contributed by atoms with Gasteiger partial charge in [-0.3, -0.25) is 10.1 Å². The van der Waals surface area contributed by atoms with Crippen LogP contribution in [-0.2, 0) is 4.79 Å². The molecular weight excluding hydrogens is 242 g/mol. The molecule has 3 amide bonds. The van der Waals surface area contributed by atoms with Crippen LogP contribution in [0.3, 0.4) is 0 Å². The lowest BCUT2D eigenvalue weighted by Crippen LogP contribution is -2.43. The summed E-state index contributed by atoms with van der Waals surface area (Å²) in [5.74, 6) is -0.480. The highest BCUT2D eigenvalue weighted by atomic mass is 35.5. The Morgan fingerprint density at radius 3 is 2.59 bits per heavy atom. The van der Waals surface area contributed by atoms with E-state index in [1.54, 1.807) is 25.1 Å². The Hall–Kier alpha value is -1.75. The van der Waals surface area contributed by atoms with Gasteiger partial charge in [-0.15, -0.1) is 0 Å². The number of nitrogens with one attached hydrogen (secondary N) is 2. The molecule has 1 aromatic carbocycles. The van der Waals surface area contributed by atoms with Gasteiger partial charge in [0.15, 0.2) is 0 Å². The van der Waals surface area contributed by atoms with Gasteiger partial charge < -0.3 is 11.1 Å². The SMILES string of the molecule is Cc1cc(Cl)ccc1NC(C)C(=O)NC(N)=O. The molecule has 6 heteroatoms. The molecule has 0 bridgehead atoms. The van der Waals surface area contributed by atoms with Gasteiger partial charge in [0, 0.05) is 10.7 Å². The lowest BCUT2D eigenvalue weighted by Gasteiger charge is -2.15. The fourth-order valence-corrected chi connectivity index (χ4v) is 1.54. The molecule has 0 saturated carbocycles. The number of hydrogen-bond donors (Lipinski definition) is 3. The number of imide groups is 1. The molecule has 0 aliphatic heterocycles. The molecule has 1 unspecified atom stereocenters. The number of carbonyl (C=O) groups excluding carboxylic acids is 2. The van der Waals surface area contributed by atoms with E-state index in [4.69, 9.17) is 17.3 Å². The van der Waals surface area contributed by atoms with Crippen LogP contribution in [0.15, 0.2) is 18.2 Å². The van der Waals surface area contributed by atoms with E-state index in [-0.39, 0.29) is 0 Å². The molecule has 92 valence electrons. The van der Waals surface area contributed by atoms with Crippen molar-refractivity contribution in [1.29, 1.82) is 0 Å². The van der Waals surface area contributed by atoms with Gasteiger partial charge in [-0.2, -0.15) is 0 Å². The predicted octanol–water partition coefficient (Wildman–Crippen LogP) is 1.64. The smallest absolute Gasteiger partial charge is 0.318 e. The zero-order valence-electron chi connectivity index (χ0n) is 9.58. The molecule has 0 radical (unpaired) electrons. The number of urea groups is 1. The van der Waals surface area contributed by atoms with Gasteiger partial charge in [0.2, 0.25) is 5.91 Å². The van der Waals surface area contributed by atoms with Crippen molar-refractivity contribution in [2.75, 3.05) is 5.32 Å². The highest BCUT2D eigenvalue weighted by molar-refractivity contribution is 6.30. The van der Waals surface area contributed by atoms with Crippen molar-refractivity contribution in [3.05, 3.63) is 28.8 Å². The summed E-state index contributed by atoms with van der Waals surface area (Å²) < 4.78 is 0. The average Bonchev–Trinajstić information content (AvgIpc) is 2.21. The molecule has 0 fully saturated rings. The van der Waals surface area contributed by atoms with E-state index in [0.717, 1.165) is 11.3 Å². The minimum Gasteiger partial charge on any atom is -0.374 e. The number of aryl methyl sites for hydroxylation is 1. The molecule has 1 atom stereocenters. The van der Waals surface area contributed by atoms with Gasteiger partial charge in [0.25, 0.3) is 0 Å². The zero-order valence-corrected chi connectivity index (χ0v) is 10.3. The summed E-state index contributed by atoms with van der Waals surface area (Å²) in [6.45, 7) is 3.50. The monoisotopic (exact) mass is 255 g/mol. The Morgan fingerprint density at radius 2 is 2.06 bits per heavy atom. The minimum atomic E-state index is -0.864. The van der Waals surface area contributed by atoms with Crippen LogP contribution in [0.1, 0.15) is 12.5 Å². The second kappa shape index (κ2) is 5.54. The Labute approximate surface area is 104 Å². The topological polar surface area (TPSA) is 84.2 Å². The van der Waals surface area contributed by atoms with Gasteiger partial charge in [0.05, 0.1) is 0 Å². The highest BCUT2D eigenvalue weighted by Gasteiger charge is 2.14. The molecule has 0 aliphatic rings. The fraction of sp³-hybridized carbons (Fsp3) is 0.273. The van der Waals surface area contributed by atoms with E-state index < -0.39 is 18.0 Å². The van der Waals surface area contributed by atoms with Crippen LogP contribution >= 0.6 is 11.6 Å². The van der Waals surface area contributed by atoms with Crippen molar-refractivity contribution < 1.29 is 9.59 Å². The van der Waals surface area contributed by atoms with Crippen LogP contribution in [0.25, 0.3) is 0 Å². The first kappa shape index (κ1) is 13.3. The molecule has 0 saturated heterocycles. The van der Waals surface area contributed by atoms with Crippen molar-refractivity contribution in [2.24, 2.45) is 5.73 Å². The molecule has 0 heterocycles. The van der Waals surface area contributed by atoms with Crippen LogP contribution < -0.4 is 16.4 Å². The first-order valence-corrected chi connectivity index (χ1v) is 5.41. The van der Waals surface area contributed by atoms with Gasteiger partial charge in [-0.1, -0.05) is 11.6 Å². The molecule has 1 aromatic rings. The number of carbonyl (C=O) groups is 2. The van der Waals surface area contributed by atoms with Crippen LogP contribution in [-0.4, -0.2) is 18.0 Å². The van der Waals surface area contributed by atoms with Crippen molar-refractivity contribution in [3.63, 3.8) is 0 Å². The van der Waals surface area contributed by atoms with Gasteiger partial charge in [-0.25, -0.2) is 4.79 Å². The number of primary amides is 1. The lowest BCUT2D eigenvalue weighted by molar-refractivity contribution is -0.120. The van der Waals surface area contributed by atoms with E-state index in [9.17, 15) is 9.59 Å². The summed E-state index contributed by atoms with van der Waals surface area (Å²) in [5.41, 5.74) is 6.55. The van der Waals surface area contributed by atoms with E-state index in [1.807, 2.05) is 12.2 Å². The normalized spacial score (nSPS) is 11.7. The van der Waals surface area contributed by atoms with E-state index in [1.165, 1.54) is 0 Å². The second-order valence-electron chi connectivity index (χ2n) is 3.68. The number of nitrogens with two attached hydrogens (primary N) is 1. The summed E-state index contributed by atoms with van der Waals surface area (Å²) in [6, 6.07) is 3.84. The van der Waals surface area contributed by atoms with E-state index in [2.05, 4.69) is 5.32 Å². The number of anilines is 1. The molecule has 5 nitrogen and oxygen atoms in total. The summed E-state index contributed by atoms with van der Waals surface area (Å²) in [6.07, 6.45) is 0. The third-order valence-electron chi connectivity index (χ3n) is 2.20. The van der Waals surface area contributed by atoms with Crippen LogP contribution in [0.5, 0.6) is 0 Å². The molecule has 0 spiro atoms. The maximum absolute atomic E-state index is 11.4. The summed E-state index contributed by atoms with van der Waals surface area (Å²) >= 11 is 5.82. The maximum atomic E-state index is 11.4. The molecular formula is C11H14ClN3O2. The third-order valence-corrected chi connectivity index (χ3v) is 2.44. The van der Waals surface area contributed by atoms with Gasteiger partial charge >= 0.3 is 6.03 Å². The maximum Gasteiger partial charge on any atom is 0.318 e. The number of amides is 3. The summed E-state index contributed by atoms with van der Waals surface area (Å²) in [4.78, 5) is 22.0. The van der Waals surface area contributed by atoms with Crippen LogP contribution in [0.2, 0.25) is 5.02 Å². The van der Waals surface area contributed by atoms with Gasteiger partial charge in [0.1, 0.15) is 6.04 Å². The third kappa shape index (κ3) is 3.96. The average molecular weight is 256 g/mol. The quantitative estimate of drug-likeness (QED) is 0.768. The lowest BCUT2D eigenvalue weighted by atomic mass is 10.2. The van der Waals surface area contributed by atoms with Gasteiger partial charge in [-0.05, 0) is 37.6 Å². The first-order chi connectivity index (χ1) is 7.90. The minimum absolute atomic E-state index is 0.480. The predicted molar refractivity (Wildman–Crippen MR) is 67.0 cm³/mol. The Balaban J connectivity index is 2.70.